The molecule has 1 nitrogen and oxygen atoms in total. The molecule has 0 bridgehead atoms. The van der Waals surface area contributed by atoms with E-state index in [0.717, 1.165) is 25.4 Å². The third-order valence-corrected chi connectivity index (χ3v) is 4.35. The quantitative estimate of drug-likeness (QED) is 0.760. The highest BCUT2D eigenvalue weighted by atomic mass is 79.9. The standard InChI is InChI=1S/C14H13BrOS/c1-9-4-3-5-10(2)14(9)12(16)8-11-6-7-13(15)17-11/h3-7H,8H2,1-2H3. The van der Waals surface area contributed by atoms with Crippen LogP contribution in [0.5, 0.6) is 0 Å². The normalized spacial score (nSPS) is 10.5. The Morgan fingerprint density at radius 2 is 1.82 bits per heavy atom. The molecule has 0 aliphatic heterocycles. The maximum Gasteiger partial charge on any atom is 0.168 e. The molecular weight excluding hydrogens is 296 g/mol. The number of thiophene rings is 1. The molecule has 0 aliphatic rings. The first kappa shape index (κ1) is 12.5. The topological polar surface area (TPSA) is 17.1 Å². The van der Waals surface area contributed by atoms with Gasteiger partial charge in [-0.2, -0.15) is 0 Å². The molecule has 1 heterocycles. The summed E-state index contributed by atoms with van der Waals surface area (Å²) in [7, 11) is 0. The minimum atomic E-state index is 0.204. The zero-order valence-electron chi connectivity index (χ0n) is 9.79. The van der Waals surface area contributed by atoms with Crippen LogP contribution in [0.2, 0.25) is 0 Å². The zero-order chi connectivity index (χ0) is 12.4. The first-order valence-corrected chi connectivity index (χ1v) is 7.02. The van der Waals surface area contributed by atoms with Crippen LogP contribution >= 0.6 is 27.3 Å². The first-order chi connectivity index (χ1) is 8.08. The van der Waals surface area contributed by atoms with Gasteiger partial charge in [-0.1, -0.05) is 18.2 Å². The molecule has 0 amide bonds. The van der Waals surface area contributed by atoms with Gasteiger partial charge in [-0.3, -0.25) is 4.79 Å². The summed E-state index contributed by atoms with van der Waals surface area (Å²) in [6.45, 7) is 3.98. The van der Waals surface area contributed by atoms with Gasteiger partial charge in [0.1, 0.15) is 0 Å². The Kier molecular flexibility index (Phi) is 3.79. The van der Waals surface area contributed by atoms with Crippen molar-refractivity contribution < 1.29 is 4.79 Å². The lowest BCUT2D eigenvalue weighted by molar-refractivity contribution is 0.0992. The minimum Gasteiger partial charge on any atom is -0.294 e. The Balaban J connectivity index is 2.26. The van der Waals surface area contributed by atoms with Gasteiger partial charge < -0.3 is 0 Å². The maximum atomic E-state index is 12.3. The minimum absolute atomic E-state index is 0.204. The van der Waals surface area contributed by atoms with E-state index in [1.165, 1.54) is 0 Å². The molecule has 0 saturated heterocycles. The lowest BCUT2D eigenvalue weighted by Gasteiger charge is -2.07. The highest BCUT2D eigenvalue weighted by molar-refractivity contribution is 9.11. The van der Waals surface area contributed by atoms with E-state index in [4.69, 9.17) is 0 Å². The van der Waals surface area contributed by atoms with Gasteiger partial charge in [0.15, 0.2) is 5.78 Å². The van der Waals surface area contributed by atoms with Crippen molar-refractivity contribution in [2.24, 2.45) is 0 Å². The Morgan fingerprint density at radius 1 is 1.18 bits per heavy atom. The predicted octanol–water partition coefficient (Wildman–Crippen LogP) is 4.55. The van der Waals surface area contributed by atoms with Crippen molar-refractivity contribution in [2.45, 2.75) is 20.3 Å². The molecule has 88 valence electrons. The van der Waals surface area contributed by atoms with Gasteiger partial charge in [0, 0.05) is 16.9 Å². The van der Waals surface area contributed by atoms with Gasteiger partial charge in [-0.05, 0) is 53.0 Å². The number of carbonyl (C=O) groups is 1. The lowest BCUT2D eigenvalue weighted by atomic mass is 9.97. The summed E-state index contributed by atoms with van der Waals surface area (Å²) in [5, 5.41) is 0. The maximum absolute atomic E-state index is 12.3. The van der Waals surface area contributed by atoms with E-state index in [1.54, 1.807) is 11.3 Å². The molecule has 17 heavy (non-hydrogen) atoms. The Bertz CT molecular complexity index is 537. The van der Waals surface area contributed by atoms with Crippen LogP contribution in [0.25, 0.3) is 0 Å². The van der Waals surface area contributed by atoms with E-state index in [-0.39, 0.29) is 5.78 Å². The van der Waals surface area contributed by atoms with Crippen LogP contribution in [-0.4, -0.2) is 5.78 Å². The molecule has 2 aromatic rings. The van der Waals surface area contributed by atoms with Crippen LogP contribution in [0, 0.1) is 13.8 Å². The molecule has 1 aromatic carbocycles. The number of hydrogen-bond donors (Lipinski definition) is 0. The number of carbonyl (C=O) groups excluding carboxylic acids is 1. The van der Waals surface area contributed by atoms with Gasteiger partial charge in [0.25, 0.3) is 0 Å². The monoisotopic (exact) mass is 308 g/mol. The van der Waals surface area contributed by atoms with Crippen molar-refractivity contribution in [3.05, 3.63) is 55.7 Å². The highest BCUT2D eigenvalue weighted by Gasteiger charge is 2.13. The number of aryl methyl sites for hydroxylation is 2. The largest absolute Gasteiger partial charge is 0.294 e. The van der Waals surface area contributed by atoms with Gasteiger partial charge in [-0.25, -0.2) is 0 Å². The fourth-order valence-corrected chi connectivity index (χ4v) is 3.43. The van der Waals surface area contributed by atoms with Crippen LogP contribution in [0.15, 0.2) is 34.1 Å². The number of ketones is 1. The second kappa shape index (κ2) is 5.15. The number of halogens is 1. The van der Waals surface area contributed by atoms with Crippen molar-refractivity contribution in [1.29, 1.82) is 0 Å². The first-order valence-electron chi connectivity index (χ1n) is 5.41. The zero-order valence-corrected chi connectivity index (χ0v) is 12.2. The molecule has 0 atom stereocenters. The van der Waals surface area contributed by atoms with E-state index in [1.807, 2.05) is 44.2 Å². The molecule has 0 saturated carbocycles. The molecule has 0 aliphatic carbocycles. The molecule has 1 aromatic heterocycles. The molecule has 3 heteroatoms. The second-order valence-corrected chi connectivity index (χ2v) is 6.62. The highest BCUT2D eigenvalue weighted by Crippen LogP contribution is 2.24. The lowest BCUT2D eigenvalue weighted by Crippen LogP contribution is -2.06. The molecule has 0 unspecified atom stereocenters. The number of Topliss-reactive ketones (excluding diaryl/α,β-unsaturated/α-hetero) is 1. The molecular formula is C14H13BrOS. The summed E-state index contributed by atoms with van der Waals surface area (Å²) in [6, 6.07) is 9.95. The van der Waals surface area contributed by atoms with Crippen LogP contribution in [0.4, 0.5) is 0 Å². The summed E-state index contributed by atoms with van der Waals surface area (Å²) < 4.78 is 1.07. The molecule has 0 radical (unpaired) electrons. The van der Waals surface area contributed by atoms with Crippen LogP contribution < -0.4 is 0 Å². The average Bonchev–Trinajstić information content (AvgIpc) is 2.63. The smallest absolute Gasteiger partial charge is 0.168 e. The summed E-state index contributed by atoms with van der Waals surface area (Å²) >= 11 is 5.03. The van der Waals surface area contributed by atoms with E-state index < -0.39 is 0 Å². The average molecular weight is 309 g/mol. The van der Waals surface area contributed by atoms with Crippen LogP contribution in [0.1, 0.15) is 26.4 Å². The van der Waals surface area contributed by atoms with E-state index in [0.29, 0.717) is 6.42 Å². The Morgan fingerprint density at radius 3 is 2.35 bits per heavy atom. The number of benzene rings is 1. The van der Waals surface area contributed by atoms with Crippen molar-refractivity contribution in [3.63, 3.8) is 0 Å². The third kappa shape index (κ3) is 2.85. The van der Waals surface area contributed by atoms with E-state index in [9.17, 15) is 4.79 Å². The third-order valence-electron chi connectivity index (χ3n) is 2.72. The van der Waals surface area contributed by atoms with Crippen molar-refractivity contribution in [2.75, 3.05) is 0 Å². The fourth-order valence-electron chi connectivity index (χ4n) is 1.95. The van der Waals surface area contributed by atoms with Gasteiger partial charge >= 0.3 is 0 Å². The van der Waals surface area contributed by atoms with Crippen molar-refractivity contribution in [3.8, 4) is 0 Å². The predicted molar refractivity (Wildman–Crippen MR) is 76.0 cm³/mol. The number of rotatable bonds is 3. The summed E-state index contributed by atoms with van der Waals surface area (Å²) in [4.78, 5) is 13.4. The van der Waals surface area contributed by atoms with E-state index in [2.05, 4.69) is 15.9 Å². The van der Waals surface area contributed by atoms with E-state index >= 15 is 0 Å². The number of hydrogen-bond acceptors (Lipinski definition) is 2. The summed E-state index contributed by atoms with van der Waals surface area (Å²) in [6.07, 6.45) is 0.488. The van der Waals surface area contributed by atoms with Crippen LogP contribution in [-0.2, 0) is 6.42 Å². The van der Waals surface area contributed by atoms with Gasteiger partial charge in [-0.15, -0.1) is 11.3 Å². The molecule has 0 fully saturated rings. The Hall–Kier alpha value is -0.930. The summed E-state index contributed by atoms with van der Waals surface area (Å²) in [5.74, 6) is 0.204. The molecule has 2 rings (SSSR count). The Labute approximate surface area is 114 Å². The molecule has 0 spiro atoms. The van der Waals surface area contributed by atoms with Crippen molar-refractivity contribution in [1.82, 2.24) is 0 Å². The van der Waals surface area contributed by atoms with Crippen molar-refractivity contribution >= 4 is 33.0 Å². The SMILES string of the molecule is Cc1cccc(C)c1C(=O)Cc1ccc(Br)s1. The molecule has 0 N–H and O–H groups in total. The summed E-state index contributed by atoms with van der Waals surface area (Å²) in [5.41, 5.74) is 2.99. The fraction of sp³-hybridized carbons (Fsp3) is 0.214. The van der Waals surface area contributed by atoms with Gasteiger partial charge in [0.2, 0.25) is 0 Å². The van der Waals surface area contributed by atoms with Crippen LogP contribution in [0.3, 0.4) is 0 Å². The second-order valence-electron chi connectivity index (χ2n) is 4.07. The van der Waals surface area contributed by atoms with Gasteiger partial charge in [0.05, 0.1) is 3.79 Å².